The van der Waals surface area contributed by atoms with E-state index in [9.17, 15) is 19.5 Å². The van der Waals surface area contributed by atoms with Gasteiger partial charge in [-0.15, -0.1) is 0 Å². The lowest BCUT2D eigenvalue weighted by Gasteiger charge is -2.17. The van der Waals surface area contributed by atoms with Crippen LogP contribution >= 0.6 is 0 Å². The van der Waals surface area contributed by atoms with E-state index in [2.05, 4.69) is 10.6 Å². The molecular weight excluding hydrogens is 286 g/mol. The number of hydrogen-bond donors (Lipinski definition) is 3. The maximum atomic E-state index is 12.1. The summed E-state index contributed by atoms with van der Waals surface area (Å²) in [6.45, 7) is 1.16. The van der Waals surface area contributed by atoms with Crippen molar-refractivity contribution >= 4 is 17.7 Å². The molecule has 0 spiro atoms. The molecule has 3 rings (SSSR count). The van der Waals surface area contributed by atoms with Crippen molar-refractivity contribution in [1.82, 2.24) is 15.5 Å². The molecule has 0 saturated carbocycles. The number of amides is 3. The van der Waals surface area contributed by atoms with Gasteiger partial charge in [0.25, 0.3) is 11.8 Å². The number of carbonyl (C=O) groups excluding carboxylic acids is 3. The number of aliphatic hydroxyl groups excluding tert-OH is 1. The van der Waals surface area contributed by atoms with Crippen molar-refractivity contribution in [3.8, 4) is 0 Å². The number of aliphatic hydroxyl groups is 1. The Bertz CT molecular complexity index is 596. The van der Waals surface area contributed by atoms with E-state index in [-0.39, 0.29) is 12.5 Å². The molecule has 3 amide bonds. The summed E-state index contributed by atoms with van der Waals surface area (Å²) in [4.78, 5) is 37.2. The zero-order chi connectivity index (χ0) is 15.7. The van der Waals surface area contributed by atoms with E-state index >= 15 is 0 Å². The summed E-state index contributed by atoms with van der Waals surface area (Å²) in [5, 5.41) is 15.3. The molecule has 0 bridgehead atoms. The fraction of sp³-hybridized carbons (Fsp3) is 0.400. The number of fused-ring (bicyclic) bond motifs is 1. The second-order valence-electron chi connectivity index (χ2n) is 5.53. The SMILES string of the molecule is O=C(CN1C(=O)c2ccccc2C1=O)NCC1CNCC1O. The Morgan fingerprint density at radius 2 is 1.86 bits per heavy atom. The van der Waals surface area contributed by atoms with Gasteiger partial charge in [0.1, 0.15) is 6.54 Å². The van der Waals surface area contributed by atoms with Gasteiger partial charge in [-0.2, -0.15) is 0 Å². The van der Waals surface area contributed by atoms with Gasteiger partial charge in [-0.25, -0.2) is 0 Å². The van der Waals surface area contributed by atoms with Gasteiger partial charge in [0, 0.05) is 25.6 Å². The van der Waals surface area contributed by atoms with Gasteiger partial charge >= 0.3 is 0 Å². The molecule has 1 aromatic rings. The summed E-state index contributed by atoms with van der Waals surface area (Å²) in [7, 11) is 0. The summed E-state index contributed by atoms with van der Waals surface area (Å²) >= 11 is 0. The molecule has 2 aliphatic heterocycles. The lowest BCUT2D eigenvalue weighted by atomic mass is 10.1. The molecule has 2 atom stereocenters. The Kier molecular flexibility index (Phi) is 3.91. The zero-order valence-corrected chi connectivity index (χ0v) is 11.9. The molecule has 0 radical (unpaired) electrons. The van der Waals surface area contributed by atoms with Gasteiger partial charge in [0.2, 0.25) is 5.91 Å². The topological polar surface area (TPSA) is 98.7 Å². The summed E-state index contributed by atoms with van der Waals surface area (Å²) in [5.74, 6) is -1.35. The minimum atomic E-state index is -0.486. The fourth-order valence-corrected chi connectivity index (χ4v) is 2.75. The first-order valence-electron chi connectivity index (χ1n) is 7.18. The van der Waals surface area contributed by atoms with Gasteiger partial charge in [-0.05, 0) is 12.1 Å². The van der Waals surface area contributed by atoms with Crippen molar-refractivity contribution in [2.75, 3.05) is 26.2 Å². The Balaban J connectivity index is 1.58. The molecule has 7 nitrogen and oxygen atoms in total. The molecule has 0 aromatic heterocycles. The van der Waals surface area contributed by atoms with Crippen LogP contribution in [0.4, 0.5) is 0 Å². The number of carbonyl (C=O) groups is 3. The molecule has 1 fully saturated rings. The number of nitrogens with zero attached hydrogens (tertiary/aromatic N) is 1. The van der Waals surface area contributed by atoms with Crippen LogP contribution < -0.4 is 10.6 Å². The predicted octanol–water partition coefficient (Wildman–Crippen LogP) is -1.02. The highest BCUT2D eigenvalue weighted by atomic mass is 16.3. The van der Waals surface area contributed by atoms with Crippen molar-refractivity contribution in [3.05, 3.63) is 35.4 Å². The highest BCUT2D eigenvalue weighted by Gasteiger charge is 2.36. The zero-order valence-electron chi connectivity index (χ0n) is 11.9. The molecule has 116 valence electrons. The van der Waals surface area contributed by atoms with Gasteiger partial charge in [0.15, 0.2) is 0 Å². The Hall–Kier alpha value is -2.25. The molecule has 2 heterocycles. The average Bonchev–Trinajstić information content (AvgIpc) is 3.03. The van der Waals surface area contributed by atoms with Gasteiger partial charge in [-0.1, -0.05) is 12.1 Å². The average molecular weight is 303 g/mol. The standard InChI is InChI=1S/C15H17N3O4/c19-12-7-16-5-9(12)6-17-13(20)8-18-14(21)10-3-1-2-4-11(10)15(18)22/h1-4,9,12,16,19H,5-8H2,(H,17,20). The van der Waals surface area contributed by atoms with Crippen LogP contribution in [0.2, 0.25) is 0 Å². The lowest BCUT2D eigenvalue weighted by molar-refractivity contribution is -0.121. The Morgan fingerprint density at radius 3 is 2.41 bits per heavy atom. The minimum Gasteiger partial charge on any atom is -0.391 e. The predicted molar refractivity (Wildman–Crippen MR) is 77.2 cm³/mol. The maximum absolute atomic E-state index is 12.1. The van der Waals surface area contributed by atoms with Gasteiger partial charge in [-0.3, -0.25) is 19.3 Å². The van der Waals surface area contributed by atoms with Crippen LogP contribution in [-0.2, 0) is 4.79 Å². The van der Waals surface area contributed by atoms with Crippen LogP contribution in [0, 0.1) is 5.92 Å². The first-order valence-corrected chi connectivity index (χ1v) is 7.18. The molecular formula is C15H17N3O4. The van der Waals surface area contributed by atoms with E-state index in [1.165, 1.54) is 0 Å². The highest BCUT2D eigenvalue weighted by Crippen LogP contribution is 2.21. The van der Waals surface area contributed by atoms with E-state index in [1.807, 2.05) is 0 Å². The van der Waals surface area contributed by atoms with E-state index in [1.54, 1.807) is 24.3 Å². The van der Waals surface area contributed by atoms with Crippen LogP contribution in [0.3, 0.4) is 0 Å². The van der Waals surface area contributed by atoms with Crippen LogP contribution in [-0.4, -0.2) is 60.0 Å². The quantitative estimate of drug-likeness (QED) is 0.618. The number of rotatable bonds is 4. The second-order valence-corrected chi connectivity index (χ2v) is 5.53. The summed E-state index contributed by atoms with van der Waals surface area (Å²) in [6, 6.07) is 6.52. The van der Waals surface area contributed by atoms with E-state index in [0.717, 1.165) is 4.90 Å². The number of hydrogen-bond acceptors (Lipinski definition) is 5. The van der Waals surface area contributed by atoms with Crippen LogP contribution in [0.5, 0.6) is 0 Å². The van der Waals surface area contributed by atoms with Crippen molar-refractivity contribution in [1.29, 1.82) is 0 Å². The monoisotopic (exact) mass is 303 g/mol. The molecule has 3 N–H and O–H groups in total. The molecule has 2 unspecified atom stereocenters. The van der Waals surface area contributed by atoms with Crippen molar-refractivity contribution in [2.45, 2.75) is 6.10 Å². The summed E-state index contributed by atoms with van der Waals surface area (Å²) in [6.07, 6.45) is -0.486. The Morgan fingerprint density at radius 1 is 1.23 bits per heavy atom. The first kappa shape index (κ1) is 14.7. The number of benzene rings is 1. The third-order valence-electron chi connectivity index (χ3n) is 4.05. The van der Waals surface area contributed by atoms with Crippen molar-refractivity contribution < 1.29 is 19.5 Å². The second kappa shape index (κ2) is 5.86. The smallest absolute Gasteiger partial charge is 0.262 e. The highest BCUT2D eigenvalue weighted by molar-refractivity contribution is 6.22. The molecule has 2 aliphatic rings. The van der Waals surface area contributed by atoms with E-state index in [0.29, 0.717) is 30.8 Å². The van der Waals surface area contributed by atoms with Gasteiger partial charge in [0.05, 0.1) is 17.2 Å². The van der Waals surface area contributed by atoms with E-state index in [4.69, 9.17) is 0 Å². The maximum Gasteiger partial charge on any atom is 0.262 e. The lowest BCUT2D eigenvalue weighted by Crippen LogP contribution is -2.42. The molecule has 1 saturated heterocycles. The van der Waals surface area contributed by atoms with Gasteiger partial charge < -0.3 is 15.7 Å². The van der Waals surface area contributed by atoms with Crippen molar-refractivity contribution in [3.63, 3.8) is 0 Å². The molecule has 22 heavy (non-hydrogen) atoms. The molecule has 0 aliphatic carbocycles. The number of imide groups is 1. The summed E-state index contributed by atoms with van der Waals surface area (Å²) in [5.41, 5.74) is 0.659. The normalized spacial score (nSPS) is 23.8. The third-order valence-corrected chi connectivity index (χ3v) is 4.05. The minimum absolute atomic E-state index is 0.0499. The number of nitrogens with one attached hydrogen (secondary N) is 2. The van der Waals surface area contributed by atoms with Crippen molar-refractivity contribution in [2.24, 2.45) is 5.92 Å². The Labute approximate surface area is 127 Å². The van der Waals surface area contributed by atoms with Crippen LogP contribution in [0.25, 0.3) is 0 Å². The largest absolute Gasteiger partial charge is 0.391 e. The molecule has 7 heteroatoms. The van der Waals surface area contributed by atoms with Crippen LogP contribution in [0.15, 0.2) is 24.3 Å². The molecule has 1 aromatic carbocycles. The number of β-amino-alcohol motifs (C(OH)–C–C–N with tert-alkyl or cyclic N) is 1. The third kappa shape index (κ3) is 2.60. The fourth-order valence-electron chi connectivity index (χ4n) is 2.75. The first-order chi connectivity index (χ1) is 10.6. The van der Waals surface area contributed by atoms with E-state index < -0.39 is 23.8 Å². The van der Waals surface area contributed by atoms with Crippen LogP contribution in [0.1, 0.15) is 20.7 Å². The summed E-state index contributed by atoms with van der Waals surface area (Å²) < 4.78 is 0.